The predicted molar refractivity (Wildman–Crippen MR) is 103 cm³/mol. The number of carbonyl (C=O) groups excluding carboxylic acids is 1. The van der Waals surface area contributed by atoms with Crippen molar-refractivity contribution >= 4 is 11.6 Å². The molecule has 1 aliphatic carbocycles. The Labute approximate surface area is 155 Å². The molecule has 2 aliphatic rings. The van der Waals surface area contributed by atoms with E-state index in [1.165, 1.54) is 6.07 Å². The van der Waals surface area contributed by atoms with Gasteiger partial charge in [0.05, 0.1) is 11.6 Å². The number of nitrogens with two attached hydrogens (primary N) is 1. The molecule has 0 aromatic heterocycles. The van der Waals surface area contributed by atoms with Crippen LogP contribution in [0.3, 0.4) is 0 Å². The van der Waals surface area contributed by atoms with Crippen LogP contribution < -0.4 is 16.0 Å². The molecular formula is C20H31FN4O. The van der Waals surface area contributed by atoms with Crippen molar-refractivity contribution < 1.29 is 9.18 Å². The van der Waals surface area contributed by atoms with E-state index in [-0.39, 0.29) is 17.8 Å². The van der Waals surface area contributed by atoms with Crippen LogP contribution in [0.25, 0.3) is 0 Å². The number of likely N-dealkylation sites (N-methyl/N-ethyl adjacent to an activating group) is 1. The minimum Gasteiger partial charge on any atom is -0.369 e. The van der Waals surface area contributed by atoms with E-state index in [0.717, 1.165) is 69.7 Å². The number of hydrogen-bond donors (Lipinski definition) is 2. The van der Waals surface area contributed by atoms with Crippen LogP contribution in [0, 0.1) is 5.82 Å². The molecule has 0 bridgehead atoms. The lowest BCUT2D eigenvalue weighted by atomic mass is 9.96. The third kappa shape index (κ3) is 4.01. The lowest BCUT2D eigenvalue weighted by Gasteiger charge is -2.37. The molecule has 3 N–H and O–H groups in total. The Morgan fingerprint density at radius 2 is 1.92 bits per heavy atom. The van der Waals surface area contributed by atoms with Crippen LogP contribution in [0.15, 0.2) is 18.2 Å². The molecule has 0 spiro atoms. The fourth-order valence-electron chi connectivity index (χ4n) is 4.12. The molecule has 144 valence electrons. The number of nitrogens with zero attached hydrogens (tertiary/aromatic N) is 2. The van der Waals surface area contributed by atoms with Gasteiger partial charge >= 0.3 is 0 Å². The van der Waals surface area contributed by atoms with Crippen molar-refractivity contribution in [3.63, 3.8) is 0 Å². The molecule has 1 aliphatic heterocycles. The van der Waals surface area contributed by atoms with Crippen LogP contribution in [0.5, 0.6) is 0 Å². The maximum absolute atomic E-state index is 13.9. The molecule has 1 amide bonds. The quantitative estimate of drug-likeness (QED) is 0.844. The Morgan fingerprint density at radius 3 is 2.54 bits per heavy atom. The highest BCUT2D eigenvalue weighted by Gasteiger charge is 2.37. The van der Waals surface area contributed by atoms with Gasteiger partial charge in [-0.3, -0.25) is 4.79 Å². The molecular weight excluding hydrogens is 331 g/mol. The van der Waals surface area contributed by atoms with Crippen molar-refractivity contribution in [2.45, 2.75) is 51.1 Å². The first-order chi connectivity index (χ1) is 12.4. The first kappa shape index (κ1) is 19.1. The first-order valence-electron chi connectivity index (χ1n) is 9.79. The molecule has 3 rings (SSSR count). The van der Waals surface area contributed by atoms with Crippen molar-refractivity contribution in [1.29, 1.82) is 0 Å². The van der Waals surface area contributed by atoms with Gasteiger partial charge in [-0.25, -0.2) is 4.39 Å². The largest absolute Gasteiger partial charge is 0.369 e. The lowest BCUT2D eigenvalue weighted by Crippen LogP contribution is -2.52. The van der Waals surface area contributed by atoms with E-state index in [2.05, 4.69) is 22.0 Å². The second kappa shape index (κ2) is 7.92. The van der Waals surface area contributed by atoms with Gasteiger partial charge in [-0.05, 0) is 44.5 Å². The zero-order chi connectivity index (χ0) is 18.7. The van der Waals surface area contributed by atoms with Crippen molar-refractivity contribution in [3.8, 4) is 0 Å². The lowest BCUT2D eigenvalue weighted by molar-refractivity contribution is -0.126. The van der Waals surface area contributed by atoms with Crippen molar-refractivity contribution in [2.75, 3.05) is 37.6 Å². The molecule has 5 nitrogen and oxygen atoms in total. The van der Waals surface area contributed by atoms with E-state index in [4.69, 9.17) is 5.73 Å². The van der Waals surface area contributed by atoms with Crippen LogP contribution in [0.2, 0.25) is 0 Å². The summed E-state index contributed by atoms with van der Waals surface area (Å²) >= 11 is 0. The van der Waals surface area contributed by atoms with Crippen LogP contribution in [0.1, 0.15) is 51.1 Å². The Bertz CT molecular complexity index is 637. The van der Waals surface area contributed by atoms with Gasteiger partial charge in [0.15, 0.2) is 0 Å². The summed E-state index contributed by atoms with van der Waals surface area (Å²) in [5.74, 6) is -0.395. The number of hydrogen-bond acceptors (Lipinski definition) is 4. The smallest absolute Gasteiger partial charge is 0.240 e. The monoisotopic (exact) mass is 362 g/mol. The van der Waals surface area contributed by atoms with E-state index < -0.39 is 5.54 Å². The molecule has 0 radical (unpaired) electrons. The molecule has 1 saturated heterocycles. The SMILES string of the molecule is CCN1CCN(c2ccc(F)cc2C(C)NC(=O)C2(N)CCCC2)CC1. The molecule has 2 fully saturated rings. The van der Waals surface area contributed by atoms with Gasteiger partial charge in [0.1, 0.15) is 5.82 Å². The maximum atomic E-state index is 13.9. The van der Waals surface area contributed by atoms with Crippen molar-refractivity contribution in [2.24, 2.45) is 5.73 Å². The molecule has 1 saturated carbocycles. The molecule has 1 aromatic rings. The molecule has 26 heavy (non-hydrogen) atoms. The number of nitrogens with one attached hydrogen (secondary N) is 1. The Hall–Kier alpha value is -1.66. The zero-order valence-electron chi connectivity index (χ0n) is 15.9. The number of halogens is 1. The van der Waals surface area contributed by atoms with Gasteiger partial charge in [-0.2, -0.15) is 0 Å². The fourth-order valence-corrected chi connectivity index (χ4v) is 4.12. The van der Waals surface area contributed by atoms with Gasteiger partial charge in [-0.1, -0.05) is 19.8 Å². The van der Waals surface area contributed by atoms with Gasteiger partial charge in [-0.15, -0.1) is 0 Å². The van der Waals surface area contributed by atoms with Crippen LogP contribution >= 0.6 is 0 Å². The number of rotatable bonds is 5. The minimum absolute atomic E-state index is 0.117. The third-order valence-corrected chi connectivity index (χ3v) is 5.91. The topological polar surface area (TPSA) is 61.6 Å². The third-order valence-electron chi connectivity index (χ3n) is 5.91. The summed E-state index contributed by atoms with van der Waals surface area (Å²) in [6.07, 6.45) is 3.43. The number of amides is 1. The molecule has 1 aromatic carbocycles. The average molecular weight is 362 g/mol. The number of benzene rings is 1. The Balaban J connectivity index is 1.76. The predicted octanol–water partition coefficient (Wildman–Crippen LogP) is 2.42. The first-order valence-corrected chi connectivity index (χ1v) is 9.79. The number of anilines is 1. The minimum atomic E-state index is -0.769. The normalized spacial score (nSPS) is 21.6. The van der Waals surface area contributed by atoms with Gasteiger partial charge in [0.25, 0.3) is 0 Å². The van der Waals surface area contributed by atoms with Crippen LogP contribution in [-0.2, 0) is 4.79 Å². The molecule has 1 unspecified atom stereocenters. The summed E-state index contributed by atoms with van der Waals surface area (Å²) in [4.78, 5) is 17.4. The van der Waals surface area contributed by atoms with E-state index in [9.17, 15) is 9.18 Å². The number of carbonyl (C=O) groups is 1. The van der Waals surface area contributed by atoms with Gasteiger partial charge < -0.3 is 20.9 Å². The van der Waals surface area contributed by atoms with Gasteiger partial charge in [0, 0.05) is 37.4 Å². The second-order valence-corrected chi connectivity index (χ2v) is 7.68. The summed E-state index contributed by atoms with van der Waals surface area (Å²) in [6, 6.07) is 4.60. The van der Waals surface area contributed by atoms with Crippen molar-refractivity contribution in [1.82, 2.24) is 10.2 Å². The van der Waals surface area contributed by atoms with Crippen molar-refractivity contribution in [3.05, 3.63) is 29.6 Å². The summed E-state index contributed by atoms with van der Waals surface area (Å²) < 4.78 is 13.9. The number of piperazine rings is 1. The van der Waals surface area contributed by atoms with E-state index in [1.807, 2.05) is 13.0 Å². The maximum Gasteiger partial charge on any atom is 0.240 e. The Morgan fingerprint density at radius 1 is 1.27 bits per heavy atom. The summed E-state index contributed by atoms with van der Waals surface area (Å²) in [5, 5.41) is 3.04. The highest BCUT2D eigenvalue weighted by Crippen LogP contribution is 2.31. The van der Waals surface area contributed by atoms with Crippen LogP contribution in [0.4, 0.5) is 10.1 Å². The summed E-state index contributed by atoms with van der Waals surface area (Å²) in [7, 11) is 0. The standard InChI is InChI=1S/C20H31FN4O/c1-3-24-10-12-25(13-11-24)18-7-6-16(21)14-17(18)15(2)23-19(26)20(22)8-4-5-9-20/h6-7,14-15H,3-5,8-13,22H2,1-2H3,(H,23,26). The highest BCUT2D eigenvalue weighted by molar-refractivity contribution is 5.86. The zero-order valence-corrected chi connectivity index (χ0v) is 15.9. The molecule has 6 heteroatoms. The second-order valence-electron chi connectivity index (χ2n) is 7.68. The summed E-state index contributed by atoms with van der Waals surface area (Å²) in [5.41, 5.74) is 7.33. The highest BCUT2D eigenvalue weighted by atomic mass is 19.1. The summed E-state index contributed by atoms with van der Waals surface area (Å²) in [6.45, 7) is 8.95. The fraction of sp³-hybridized carbons (Fsp3) is 0.650. The Kier molecular flexibility index (Phi) is 5.82. The van der Waals surface area contributed by atoms with E-state index in [0.29, 0.717) is 0 Å². The van der Waals surface area contributed by atoms with Crippen LogP contribution in [-0.4, -0.2) is 49.1 Å². The van der Waals surface area contributed by atoms with Gasteiger partial charge in [0.2, 0.25) is 5.91 Å². The molecule has 1 atom stereocenters. The van der Waals surface area contributed by atoms with E-state index >= 15 is 0 Å². The molecule has 1 heterocycles. The van der Waals surface area contributed by atoms with E-state index in [1.54, 1.807) is 6.07 Å². The average Bonchev–Trinajstić information content (AvgIpc) is 3.10.